The Bertz CT molecular complexity index is 614. The number of nitrogen functional groups attached to an aromatic ring is 2. The van der Waals surface area contributed by atoms with E-state index in [1.54, 1.807) is 12.1 Å². The molecule has 0 bridgehead atoms. The summed E-state index contributed by atoms with van der Waals surface area (Å²) in [5, 5.41) is -0.129. The third-order valence-electron chi connectivity index (χ3n) is 2.53. The number of nitrogens with two attached hydrogens (primary N) is 2. The molecule has 4 nitrogen and oxygen atoms in total. The standard InChI is InChI=1S/C14H14N2O2S/c1-9(17)19-18-14-7-6-10(8-13(14)16)11-4-2-3-5-12(11)15/h2-8H,15-16H2,1H3. The van der Waals surface area contributed by atoms with Gasteiger partial charge in [-0.1, -0.05) is 24.3 Å². The number of rotatable bonds is 3. The van der Waals surface area contributed by atoms with E-state index in [1.807, 2.05) is 30.3 Å². The van der Waals surface area contributed by atoms with E-state index >= 15 is 0 Å². The third kappa shape index (κ3) is 3.20. The van der Waals surface area contributed by atoms with Crippen molar-refractivity contribution in [1.29, 1.82) is 0 Å². The first kappa shape index (κ1) is 13.3. The summed E-state index contributed by atoms with van der Waals surface area (Å²) in [6.07, 6.45) is 0. The van der Waals surface area contributed by atoms with Gasteiger partial charge in [-0.3, -0.25) is 4.79 Å². The minimum atomic E-state index is -0.129. The summed E-state index contributed by atoms with van der Waals surface area (Å²) in [6.45, 7) is 1.43. The molecule has 2 aromatic rings. The lowest BCUT2D eigenvalue weighted by Crippen LogP contribution is -1.95. The third-order valence-corrected chi connectivity index (χ3v) is 3.03. The van der Waals surface area contributed by atoms with E-state index in [0.29, 0.717) is 17.1 Å². The summed E-state index contributed by atoms with van der Waals surface area (Å²) >= 11 is 0.760. The van der Waals surface area contributed by atoms with Gasteiger partial charge in [0.2, 0.25) is 5.12 Å². The van der Waals surface area contributed by atoms with E-state index in [1.165, 1.54) is 6.92 Å². The SMILES string of the molecule is CC(=O)SOc1ccc(-c2ccccc2N)cc1N. The van der Waals surface area contributed by atoms with Crippen molar-refractivity contribution >= 4 is 28.5 Å². The van der Waals surface area contributed by atoms with Gasteiger partial charge in [-0.2, -0.15) is 0 Å². The molecule has 19 heavy (non-hydrogen) atoms. The van der Waals surface area contributed by atoms with Crippen LogP contribution in [0.4, 0.5) is 11.4 Å². The van der Waals surface area contributed by atoms with Gasteiger partial charge in [-0.25, -0.2) is 0 Å². The monoisotopic (exact) mass is 274 g/mol. The first-order valence-electron chi connectivity index (χ1n) is 5.67. The molecule has 0 saturated heterocycles. The second kappa shape index (κ2) is 5.67. The summed E-state index contributed by atoms with van der Waals surface area (Å²) in [5.41, 5.74) is 14.8. The fourth-order valence-electron chi connectivity index (χ4n) is 1.66. The van der Waals surface area contributed by atoms with E-state index in [-0.39, 0.29) is 5.12 Å². The molecule has 0 unspecified atom stereocenters. The Morgan fingerprint density at radius 3 is 2.47 bits per heavy atom. The molecule has 98 valence electrons. The quantitative estimate of drug-likeness (QED) is 0.664. The summed E-state index contributed by atoms with van der Waals surface area (Å²) in [4.78, 5) is 10.8. The molecule has 0 fully saturated rings. The molecule has 0 amide bonds. The van der Waals surface area contributed by atoms with Crippen LogP contribution in [0.2, 0.25) is 0 Å². The lowest BCUT2D eigenvalue weighted by Gasteiger charge is -2.09. The van der Waals surface area contributed by atoms with Crippen molar-refractivity contribution in [3.8, 4) is 16.9 Å². The van der Waals surface area contributed by atoms with Crippen molar-refractivity contribution in [2.75, 3.05) is 11.5 Å². The van der Waals surface area contributed by atoms with E-state index in [4.69, 9.17) is 15.7 Å². The molecule has 4 N–H and O–H groups in total. The van der Waals surface area contributed by atoms with E-state index in [9.17, 15) is 4.79 Å². The van der Waals surface area contributed by atoms with Crippen LogP contribution in [0.25, 0.3) is 11.1 Å². The highest BCUT2D eigenvalue weighted by Gasteiger charge is 2.07. The largest absolute Gasteiger partial charge is 0.415 e. The minimum absolute atomic E-state index is 0.129. The van der Waals surface area contributed by atoms with Crippen LogP contribution >= 0.6 is 12.0 Å². The first-order chi connectivity index (χ1) is 9.08. The summed E-state index contributed by atoms with van der Waals surface area (Å²) in [7, 11) is 0. The van der Waals surface area contributed by atoms with Crippen molar-refractivity contribution in [3.63, 3.8) is 0 Å². The van der Waals surface area contributed by atoms with Crippen molar-refractivity contribution < 1.29 is 8.98 Å². The van der Waals surface area contributed by atoms with Crippen LogP contribution in [0.15, 0.2) is 42.5 Å². The summed E-state index contributed by atoms with van der Waals surface area (Å²) in [5.74, 6) is 0.471. The van der Waals surface area contributed by atoms with Crippen LogP contribution in [0, 0.1) is 0 Å². The zero-order valence-electron chi connectivity index (χ0n) is 10.4. The Morgan fingerprint density at radius 2 is 1.84 bits per heavy atom. The maximum Gasteiger partial charge on any atom is 0.224 e. The molecule has 0 aromatic heterocycles. The zero-order chi connectivity index (χ0) is 13.8. The van der Waals surface area contributed by atoms with Crippen LogP contribution < -0.4 is 15.7 Å². The maximum atomic E-state index is 10.8. The molecule has 0 heterocycles. The highest BCUT2D eigenvalue weighted by Crippen LogP contribution is 2.32. The smallest absolute Gasteiger partial charge is 0.224 e. The lowest BCUT2D eigenvalue weighted by atomic mass is 10.0. The molecular formula is C14H14N2O2S. The molecule has 0 spiro atoms. The van der Waals surface area contributed by atoms with Crippen LogP contribution in [0.1, 0.15) is 6.92 Å². The van der Waals surface area contributed by atoms with Gasteiger partial charge in [0.15, 0.2) is 5.75 Å². The zero-order valence-corrected chi connectivity index (χ0v) is 11.2. The minimum Gasteiger partial charge on any atom is -0.415 e. The molecule has 5 heteroatoms. The Hall–Kier alpha value is -2.14. The predicted molar refractivity (Wildman–Crippen MR) is 79.6 cm³/mol. The lowest BCUT2D eigenvalue weighted by molar-refractivity contribution is -0.109. The average Bonchev–Trinajstić information content (AvgIpc) is 2.37. The molecule has 2 aromatic carbocycles. The van der Waals surface area contributed by atoms with E-state index in [2.05, 4.69) is 0 Å². The molecule has 0 aliphatic heterocycles. The number of hydrogen-bond acceptors (Lipinski definition) is 5. The van der Waals surface area contributed by atoms with Gasteiger partial charge >= 0.3 is 0 Å². The topological polar surface area (TPSA) is 78.3 Å². The Morgan fingerprint density at radius 1 is 1.11 bits per heavy atom. The Balaban J connectivity index is 2.29. The summed E-state index contributed by atoms with van der Waals surface area (Å²) < 4.78 is 5.23. The van der Waals surface area contributed by atoms with Crippen LogP contribution in [0.3, 0.4) is 0 Å². The second-order valence-corrected chi connectivity index (χ2v) is 4.91. The van der Waals surface area contributed by atoms with Crippen molar-refractivity contribution in [2.24, 2.45) is 0 Å². The van der Waals surface area contributed by atoms with Crippen molar-refractivity contribution in [1.82, 2.24) is 0 Å². The molecule has 0 aliphatic carbocycles. The maximum absolute atomic E-state index is 10.8. The van der Waals surface area contributed by atoms with Gasteiger partial charge in [0.1, 0.15) is 12.0 Å². The Labute approximate surface area is 116 Å². The highest BCUT2D eigenvalue weighted by atomic mass is 32.2. The number of anilines is 2. The number of carbonyl (C=O) groups excluding carboxylic acids is 1. The normalized spacial score (nSPS) is 10.2. The van der Waals surface area contributed by atoms with Crippen LogP contribution in [-0.4, -0.2) is 5.12 Å². The van der Waals surface area contributed by atoms with Gasteiger partial charge in [-0.05, 0) is 23.8 Å². The fraction of sp³-hybridized carbons (Fsp3) is 0.0714. The average molecular weight is 274 g/mol. The Kier molecular flexibility index (Phi) is 3.97. The highest BCUT2D eigenvalue weighted by molar-refractivity contribution is 8.09. The van der Waals surface area contributed by atoms with Crippen molar-refractivity contribution in [2.45, 2.75) is 6.92 Å². The van der Waals surface area contributed by atoms with Crippen molar-refractivity contribution in [3.05, 3.63) is 42.5 Å². The molecule has 0 aliphatic rings. The molecule has 0 radical (unpaired) electrons. The second-order valence-electron chi connectivity index (χ2n) is 4.00. The predicted octanol–water partition coefficient (Wildman–Crippen LogP) is 3.09. The molecular weight excluding hydrogens is 260 g/mol. The number of hydrogen-bond donors (Lipinski definition) is 2. The van der Waals surface area contributed by atoms with Crippen LogP contribution in [0.5, 0.6) is 5.75 Å². The molecule has 0 atom stereocenters. The van der Waals surface area contributed by atoms with Gasteiger partial charge < -0.3 is 15.7 Å². The number of benzene rings is 2. The van der Waals surface area contributed by atoms with E-state index < -0.39 is 0 Å². The first-order valence-corrected chi connectivity index (χ1v) is 6.41. The molecule has 0 saturated carbocycles. The van der Waals surface area contributed by atoms with Gasteiger partial charge in [-0.15, -0.1) is 0 Å². The molecule has 2 rings (SSSR count). The van der Waals surface area contributed by atoms with Gasteiger partial charge in [0.25, 0.3) is 0 Å². The van der Waals surface area contributed by atoms with Gasteiger partial charge in [0.05, 0.1) is 5.69 Å². The summed E-state index contributed by atoms with van der Waals surface area (Å²) in [6, 6.07) is 12.9. The van der Waals surface area contributed by atoms with E-state index in [0.717, 1.165) is 23.2 Å². The number of carbonyl (C=O) groups is 1. The van der Waals surface area contributed by atoms with Gasteiger partial charge in [0, 0.05) is 18.2 Å². The number of para-hydroxylation sites is 1. The fourth-order valence-corrected chi connectivity index (χ4v) is 2.01. The van der Waals surface area contributed by atoms with Crippen LogP contribution in [-0.2, 0) is 4.79 Å².